The highest BCUT2D eigenvalue weighted by molar-refractivity contribution is 5.57. The van der Waals surface area contributed by atoms with Crippen LogP contribution in [0, 0.1) is 12.8 Å². The topological polar surface area (TPSA) is 58.3 Å². The van der Waals surface area contributed by atoms with E-state index in [1.807, 2.05) is 25.1 Å². The van der Waals surface area contributed by atoms with E-state index in [1.54, 1.807) is 0 Å². The summed E-state index contributed by atoms with van der Waals surface area (Å²) in [5.41, 5.74) is 8.77. The summed E-state index contributed by atoms with van der Waals surface area (Å²) in [7, 11) is 0. The molecule has 1 aliphatic rings. The molecule has 0 spiro atoms. The second-order valence-corrected chi connectivity index (χ2v) is 4.71. The van der Waals surface area contributed by atoms with Gasteiger partial charge in [-0.25, -0.2) is 0 Å². The molecule has 0 aliphatic heterocycles. The molecule has 0 heterocycles. The van der Waals surface area contributed by atoms with Gasteiger partial charge in [-0.2, -0.15) is 0 Å². The lowest BCUT2D eigenvalue weighted by molar-refractivity contribution is 0.138. The van der Waals surface area contributed by atoms with Gasteiger partial charge < -0.3 is 16.2 Å². The second kappa shape index (κ2) is 4.74. The minimum Gasteiger partial charge on any atom is -0.399 e. The second-order valence-electron chi connectivity index (χ2n) is 4.71. The minimum atomic E-state index is -0.124. The molecule has 3 nitrogen and oxygen atoms in total. The normalized spacial score (nSPS) is 24.6. The number of benzene rings is 1. The molecule has 2 atom stereocenters. The summed E-state index contributed by atoms with van der Waals surface area (Å²) < 4.78 is 0. The predicted octanol–water partition coefficient (Wildman–Crippen LogP) is 2.15. The molecule has 0 amide bonds. The summed E-state index contributed by atoms with van der Waals surface area (Å²) in [4.78, 5) is 0. The maximum Gasteiger partial charge on any atom is 0.0585 e. The first kappa shape index (κ1) is 11.3. The SMILES string of the molecule is Cc1cc(N)ccc1NCC1CCCC1O. The lowest BCUT2D eigenvalue weighted by Crippen LogP contribution is -2.22. The molecule has 0 aromatic heterocycles. The fourth-order valence-corrected chi connectivity index (χ4v) is 2.38. The van der Waals surface area contributed by atoms with E-state index in [-0.39, 0.29) is 6.10 Å². The van der Waals surface area contributed by atoms with Gasteiger partial charge in [0.1, 0.15) is 0 Å². The van der Waals surface area contributed by atoms with E-state index in [4.69, 9.17) is 5.73 Å². The van der Waals surface area contributed by atoms with Gasteiger partial charge >= 0.3 is 0 Å². The Morgan fingerprint density at radius 1 is 1.44 bits per heavy atom. The van der Waals surface area contributed by atoms with Crippen molar-refractivity contribution in [3.05, 3.63) is 23.8 Å². The number of hydrogen-bond acceptors (Lipinski definition) is 3. The number of nitrogen functional groups attached to an aromatic ring is 1. The number of hydrogen-bond donors (Lipinski definition) is 3. The summed E-state index contributed by atoms with van der Waals surface area (Å²) >= 11 is 0. The molecule has 4 N–H and O–H groups in total. The Hall–Kier alpha value is -1.22. The number of aliphatic hydroxyl groups excluding tert-OH is 1. The molecule has 0 bridgehead atoms. The molecule has 88 valence electrons. The summed E-state index contributed by atoms with van der Waals surface area (Å²) in [6, 6.07) is 5.87. The van der Waals surface area contributed by atoms with Crippen LogP contribution in [0.2, 0.25) is 0 Å². The van der Waals surface area contributed by atoms with Crippen molar-refractivity contribution in [1.82, 2.24) is 0 Å². The molecular weight excluding hydrogens is 200 g/mol. The van der Waals surface area contributed by atoms with E-state index in [0.717, 1.165) is 42.7 Å². The van der Waals surface area contributed by atoms with Gasteiger partial charge in [-0.1, -0.05) is 6.42 Å². The van der Waals surface area contributed by atoms with Crippen LogP contribution in [-0.2, 0) is 0 Å². The highest BCUT2D eigenvalue weighted by Gasteiger charge is 2.24. The van der Waals surface area contributed by atoms with Crippen molar-refractivity contribution in [2.24, 2.45) is 5.92 Å². The Morgan fingerprint density at radius 2 is 2.25 bits per heavy atom. The number of nitrogens with two attached hydrogens (primary N) is 1. The average molecular weight is 220 g/mol. The maximum absolute atomic E-state index is 9.72. The lowest BCUT2D eigenvalue weighted by Gasteiger charge is -2.17. The van der Waals surface area contributed by atoms with Gasteiger partial charge in [0.2, 0.25) is 0 Å². The number of rotatable bonds is 3. The van der Waals surface area contributed by atoms with Crippen LogP contribution in [0.4, 0.5) is 11.4 Å². The summed E-state index contributed by atoms with van der Waals surface area (Å²) in [5.74, 6) is 0.400. The largest absolute Gasteiger partial charge is 0.399 e. The van der Waals surface area contributed by atoms with E-state index in [1.165, 1.54) is 0 Å². The number of nitrogens with one attached hydrogen (secondary N) is 1. The van der Waals surface area contributed by atoms with Crippen molar-refractivity contribution < 1.29 is 5.11 Å². The first-order valence-electron chi connectivity index (χ1n) is 5.95. The number of anilines is 2. The number of aryl methyl sites for hydroxylation is 1. The quantitative estimate of drug-likeness (QED) is 0.684. The highest BCUT2D eigenvalue weighted by Crippen LogP contribution is 2.26. The first-order valence-corrected chi connectivity index (χ1v) is 5.95. The smallest absolute Gasteiger partial charge is 0.0585 e. The molecule has 0 radical (unpaired) electrons. The molecular formula is C13H20N2O. The van der Waals surface area contributed by atoms with E-state index in [2.05, 4.69) is 5.32 Å². The van der Waals surface area contributed by atoms with Crippen molar-refractivity contribution in [1.29, 1.82) is 0 Å². The van der Waals surface area contributed by atoms with Crippen LogP contribution >= 0.6 is 0 Å². The third-order valence-electron chi connectivity index (χ3n) is 3.42. The molecule has 1 fully saturated rings. The Balaban J connectivity index is 1.94. The molecule has 3 heteroatoms. The monoisotopic (exact) mass is 220 g/mol. The van der Waals surface area contributed by atoms with Crippen LogP contribution in [0.3, 0.4) is 0 Å². The maximum atomic E-state index is 9.72. The van der Waals surface area contributed by atoms with Gasteiger partial charge in [0.25, 0.3) is 0 Å². The molecule has 16 heavy (non-hydrogen) atoms. The Bertz CT molecular complexity index is 365. The van der Waals surface area contributed by atoms with E-state index in [0.29, 0.717) is 5.92 Å². The zero-order chi connectivity index (χ0) is 11.5. The molecule has 1 aromatic rings. The lowest BCUT2D eigenvalue weighted by atomic mass is 10.1. The van der Waals surface area contributed by atoms with E-state index in [9.17, 15) is 5.11 Å². The molecule has 2 unspecified atom stereocenters. The van der Waals surface area contributed by atoms with Crippen molar-refractivity contribution >= 4 is 11.4 Å². The van der Waals surface area contributed by atoms with E-state index >= 15 is 0 Å². The number of aliphatic hydroxyl groups is 1. The summed E-state index contributed by atoms with van der Waals surface area (Å²) in [5, 5.41) is 13.1. The van der Waals surface area contributed by atoms with Crippen molar-refractivity contribution in [2.75, 3.05) is 17.6 Å². The molecule has 1 aliphatic carbocycles. The van der Waals surface area contributed by atoms with Crippen LogP contribution in [-0.4, -0.2) is 17.8 Å². The van der Waals surface area contributed by atoms with Gasteiger partial charge in [-0.3, -0.25) is 0 Å². The molecule has 1 saturated carbocycles. The van der Waals surface area contributed by atoms with Crippen LogP contribution < -0.4 is 11.1 Å². The van der Waals surface area contributed by atoms with Crippen molar-refractivity contribution in [3.63, 3.8) is 0 Å². The third kappa shape index (κ3) is 2.47. The molecule has 1 aromatic carbocycles. The Kier molecular flexibility index (Phi) is 3.34. The molecule has 0 saturated heterocycles. The molecule has 2 rings (SSSR count). The average Bonchev–Trinajstić information content (AvgIpc) is 2.63. The van der Waals surface area contributed by atoms with E-state index < -0.39 is 0 Å². The van der Waals surface area contributed by atoms with Crippen LogP contribution in [0.25, 0.3) is 0 Å². The van der Waals surface area contributed by atoms with Crippen LogP contribution in [0.1, 0.15) is 24.8 Å². The van der Waals surface area contributed by atoms with Gasteiger partial charge in [0, 0.05) is 23.8 Å². The van der Waals surface area contributed by atoms with Crippen molar-refractivity contribution in [3.8, 4) is 0 Å². The summed E-state index contributed by atoms with van der Waals surface area (Å²) in [6.07, 6.45) is 3.10. The van der Waals surface area contributed by atoms with Crippen molar-refractivity contribution in [2.45, 2.75) is 32.3 Å². The fourth-order valence-electron chi connectivity index (χ4n) is 2.38. The van der Waals surface area contributed by atoms with Gasteiger partial charge in [-0.15, -0.1) is 0 Å². The standard InChI is InChI=1S/C13H20N2O/c1-9-7-11(14)5-6-12(9)15-8-10-3-2-4-13(10)16/h5-7,10,13,15-16H,2-4,8,14H2,1H3. The van der Waals surface area contributed by atoms with Crippen LogP contribution in [0.5, 0.6) is 0 Å². The summed E-state index contributed by atoms with van der Waals surface area (Å²) in [6.45, 7) is 2.90. The minimum absolute atomic E-state index is 0.124. The fraction of sp³-hybridized carbons (Fsp3) is 0.538. The Morgan fingerprint density at radius 3 is 2.88 bits per heavy atom. The van der Waals surface area contributed by atoms with Gasteiger partial charge in [0.15, 0.2) is 0 Å². The highest BCUT2D eigenvalue weighted by atomic mass is 16.3. The third-order valence-corrected chi connectivity index (χ3v) is 3.42. The van der Waals surface area contributed by atoms with Crippen LogP contribution in [0.15, 0.2) is 18.2 Å². The predicted molar refractivity (Wildman–Crippen MR) is 67.4 cm³/mol. The van der Waals surface area contributed by atoms with Gasteiger partial charge in [0.05, 0.1) is 6.10 Å². The zero-order valence-corrected chi connectivity index (χ0v) is 9.74. The first-order chi connectivity index (χ1) is 7.66. The van der Waals surface area contributed by atoms with Gasteiger partial charge in [-0.05, 0) is 43.5 Å². The Labute approximate surface area is 96.7 Å². The zero-order valence-electron chi connectivity index (χ0n) is 9.74.